The van der Waals surface area contributed by atoms with E-state index in [0.717, 1.165) is 17.1 Å². The van der Waals surface area contributed by atoms with Gasteiger partial charge in [0, 0.05) is 25.2 Å². The summed E-state index contributed by atoms with van der Waals surface area (Å²) in [7, 11) is 0. The van der Waals surface area contributed by atoms with Crippen LogP contribution in [-0.2, 0) is 17.9 Å². The van der Waals surface area contributed by atoms with E-state index in [1.54, 1.807) is 4.90 Å². The predicted molar refractivity (Wildman–Crippen MR) is 97.1 cm³/mol. The zero-order valence-electron chi connectivity index (χ0n) is 15.1. The maximum absolute atomic E-state index is 12.5. The topological polar surface area (TPSA) is 74.6 Å². The number of carbonyl (C=O) groups excluding carboxylic acids is 2. The van der Waals surface area contributed by atoms with E-state index in [1.807, 2.05) is 57.2 Å². The Labute approximate surface area is 148 Å². The molecule has 6 nitrogen and oxygen atoms in total. The molecule has 2 rings (SSSR count). The molecule has 0 bridgehead atoms. The summed E-state index contributed by atoms with van der Waals surface area (Å²) in [5, 5.41) is 5.65. The summed E-state index contributed by atoms with van der Waals surface area (Å²) in [6, 6.07) is 11.1. The number of carbonyl (C=O) groups is 2. The number of nitrogens with one attached hydrogen (secondary N) is 2. The number of benzene rings is 1. The van der Waals surface area contributed by atoms with E-state index in [-0.39, 0.29) is 18.0 Å². The van der Waals surface area contributed by atoms with Crippen LogP contribution in [-0.4, -0.2) is 22.9 Å². The second-order valence-electron chi connectivity index (χ2n) is 6.27. The van der Waals surface area contributed by atoms with Crippen molar-refractivity contribution < 1.29 is 14.0 Å². The third-order valence-corrected chi connectivity index (χ3v) is 3.70. The monoisotopic (exact) mass is 343 g/mol. The fraction of sp³-hybridized carbons (Fsp3) is 0.368. The average molecular weight is 343 g/mol. The molecule has 1 aromatic heterocycles. The lowest BCUT2D eigenvalue weighted by Gasteiger charge is -2.26. The van der Waals surface area contributed by atoms with Crippen LogP contribution in [0.5, 0.6) is 0 Å². The highest BCUT2D eigenvalue weighted by molar-refractivity contribution is 5.88. The van der Waals surface area contributed by atoms with Crippen molar-refractivity contribution in [2.45, 2.75) is 46.8 Å². The third kappa shape index (κ3) is 5.67. The van der Waals surface area contributed by atoms with Crippen molar-refractivity contribution in [3.8, 4) is 0 Å². The van der Waals surface area contributed by atoms with Gasteiger partial charge in [0.2, 0.25) is 5.91 Å². The highest BCUT2D eigenvalue weighted by Crippen LogP contribution is 2.13. The minimum atomic E-state index is -0.158. The summed E-state index contributed by atoms with van der Waals surface area (Å²) in [6.45, 7) is 8.08. The van der Waals surface area contributed by atoms with Gasteiger partial charge in [0.25, 0.3) is 0 Å². The smallest absolute Gasteiger partial charge is 0.318 e. The molecule has 2 aromatic rings. The second-order valence-corrected chi connectivity index (χ2v) is 6.27. The molecule has 2 N–H and O–H groups in total. The van der Waals surface area contributed by atoms with Crippen LogP contribution >= 0.6 is 0 Å². The van der Waals surface area contributed by atoms with Gasteiger partial charge < -0.3 is 20.0 Å². The molecular weight excluding hydrogens is 318 g/mol. The quantitative estimate of drug-likeness (QED) is 0.840. The van der Waals surface area contributed by atoms with Gasteiger partial charge in [-0.15, -0.1) is 0 Å². The van der Waals surface area contributed by atoms with Crippen LogP contribution in [0, 0.1) is 6.92 Å². The first kappa shape index (κ1) is 18.6. The number of hydrogen-bond donors (Lipinski definition) is 2. The number of anilines is 1. The molecular formula is C19H25N3O3. The Morgan fingerprint density at radius 1 is 1.20 bits per heavy atom. The summed E-state index contributed by atoms with van der Waals surface area (Å²) < 4.78 is 5.57. The zero-order chi connectivity index (χ0) is 18.4. The van der Waals surface area contributed by atoms with E-state index in [0.29, 0.717) is 18.8 Å². The molecule has 0 unspecified atom stereocenters. The van der Waals surface area contributed by atoms with Gasteiger partial charge in [0.1, 0.15) is 11.5 Å². The number of aryl methyl sites for hydroxylation is 1. The molecule has 0 spiro atoms. The highest BCUT2D eigenvalue weighted by Gasteiger charge is 2.18. The maximum Gasteiger partial charge on any atom is 0.318 e. The number of amides is 3. The fourth-order valence-electron chi connectivity index (χ4n) is 2.47. The van der Waals surface area contributed by atoms with Gasteiger partial charge in [-0.1, -0.05) is 12.1 Å². The maximum atomic E-state index is 12.5. The molecule has 0 aliphatic rings. The summed E-state index contributed by atoms with van der Waals surface area (Å²) in [6.07, 6.45) is 0. The average Bonchev–Trinajstić information content (AvgIpc) is 2.95. The molecule has 0 fully saturated rings. The molecule has 0 saturated carbocycles. The zero-order valence-corrected chi connectivity index (χ0v) is 15.1. The van der Waals surface area contributed by atoms with Crippen molar-refractivity contribution in [1.29, 1.82) is 0 Å². The molecule has 0 aliphatic heterocycles. The van der Waals surface area contributed by atoms with Gasteiger partial charge in [-0.2, -0.15) is 0 Å². The van der Waals surface area contributed by atoms with E-state index < -0.39 is 0 Å². The summed E-state index contributed by atoms with van der Waals surface area (Å²) in [4.78, 5) is 25.4. The Balaban J connectivity index is 1.97. The van der Waals surface area contributed by atoms with Gasteiger partial charge in [0.15, 0.2) is 0 Å². The highest BCUT2D eigenvalue weighted by atomic mass is 16.3. The molecule has 1 heterocycles. The first-order valence-corrected chi connectivity index (χ1v) is 8.31. The van der Waals surface area contributed by atoms with Crippen molar-refractivity contribution in [2.24, 2.45) is 0 Å². The van der Waals surface area contributed by atoms with Crippen LogP contribution in [0.4, 0.5) is 10.5 Å². The first-order chi connectivity index (χ1) is 11.8. The van der Waals surface area contributed by atoms with Gasteiger partial charge >= 0.3 is 6.03 Å². The molecule has 1 aromatic carbocycles. The minimum Gasteiger partial charge on any atom is -0.464 e. The van der Waals surface area contributed by atoms with E-state index in [9.17, 15) is 9.59 Å². The lowest BCUT2D eigenvalue weighted by Crippen LogP contribution is -2.43. The predicted octanol–water partition coefficient (Wildman–Crippen LogP) is 3.67. The standard InChI is InChI=1S/C19H25N3O3/c1-13(2)22(12-18-9-8-14(3)25-18)19(24)20-11-16-6-5-7-17(10-16)21-15(4)23/h5-10,13H,11-12H2,1-4H3,(H,20,24)(H,21,23). The number of nitrogens with zero attached hydrogens (tertiary/aromatic N) is 1. The molecule has 6 heteroatoms. The molecule has 0 atom stereocenters. The van der Waals surface area contributed by atoms with Crippen molar-refractivity contribution in [1.82, 2.24) is 10.2 Å². The Kier molecular flexibility index (Phi) is 6.22. The lowest BCUT2D eigenvalue weighted by molar-refractivity contribution is -0.114. The van der Waals surface area contributed by atoms with E-state index in [4.69, 9.17) is 4.42 Å². The lowest BCUT2D eigenvalue weighted by atomic mass is 10.2. The van der Waals surface area contributed by atoms with Crippen LogP contribution in [0.25, 0.3) is 0 Å². The van der Waals surface area contributed by atoms with Crippen molar-refractivity contribution in [3.05, 3.63) is 53.5 Å². The number of urea groups is 1. The first-order valence-electron chi connectivity index (χ1n) is 8.31. The fourth-order valence-corrected chi connectivity index (χ4v) is 2.47. The molecule has 0 aliphatic carbocycles. The van der Waals surface area contributed by atoms with Crippen molar-refractivity contribution in [3.63, 3.8) is 0 Å². The summed E-state index contributed by atoms with van der Waals surface area (Å²) in [5.74, 6) is 1.46. The Morgan fingerprint density at radius 2 is 1.96 bits per heavy atom. The third-order valence-electron chi connectivity index (χ3n) is 3.70. The van der Waals surface area contributed by atoms with E-state index in [1.165, 1.54) is 6.92 Å². The van der Waals surface area contributed by atoms with Gasteiger partial charge in [-0.05, 0) is 50.6 Å². The van der Waals surface area contributed by atoms with Gasteiger partial charge in [-0.3, -0.25) is 4.79 Å². The number of rotatable bonds is 6. The molecule has 0 saturated heterocycles. The minimum absolute atomic E-state index is 0.0381. The molecule has 0 radical (unpaired) electrons. The van der Waals surface area contributed by atoms with E-state index in [2.05, 4.69) is 10.6 Å². The SMILES string of the molecule is CC(=O)Nc1cccc(CNC(=O)N(Cc2ccc(C)o2)C(C)C)c1. The number of hydrogen-bond acceptors (Lipinski definition) is 3. The molecule has 134 valence electrons. The summed E-state index contributed by atoms with van der Waals surface area (Å²) in [5.41, 5.74) is 1.63. The summed E-state index contributed by atoms with van der Waals surface area (Å²) >= 11 is 0. The van der Waals surface area contributed by atoms with Crippen molar-refractivity contribution >= 4 is 17.6 Å². The van der Waals surface area contributed by atoms with Crippen LogP contribution in [0.3, 0.4) is 0 Å². The van der Waals surface area contributed by atoms with Crippen LogP contribution in [0.2, 0.25) is 0 Å². The second kappa shape index (κ2) is 8.37. The van der Waals surface area contributed by atoms with Gasteiger partial charge in [0.05, 0.1) is 6.54 Å². The Bertz CT molecular complexity index is 737. The molecule has 3 amide bonds. The largest absolute Gasteiger partial charge is 0.464 e. The van der Waals surface area contributed by atoms with Crippen LogP contribution in [0.15, 0.2) is 40.8 Å². The van der Waals surface area contributed by atoms with Crippen LogP contribution in [0.1, 0.15) is 37.9 Å². The number of furan rings is 1. The van der Waals surface area contributed by atoms with Gasteiger partial charge in [-0.25, -0.2) is 4.79 Å². The van der Waals surface area contributed by atoms with Crippen molar-refractivity contribution in [2.75, 3.05) is 5.32 Å². The van der Waals surface area contributed by atoms with Crippen LogP contribution < -0.4 is 10.6 Å². The normalized spacial score (nSPS) is 10.6. The Morgan fingerprint density at radius 3 is 2.56 bits per heavy atom. The molecule has 25 heavy (non-hydrogen) atoms. The Hall–Kier alpha value is -2.76. The van der Waals surface area contributed by atoms with E-state index >= 15 is 0 Å².